The highest BCUT2D eigenvalue weighted by atomic mass is 16.5. The highest BCUT2D eigenvalue weighted by molar-refractivity contribution is 5.91. The van der Waals surface area contributed by atoms with Gasteiger partial charge in [-0.1, -0.05) is 18.2 Å². The molecule has 0 aliphatic carbocycles. The molecular formula is C20H25N2O2+. The summed E-state index contributed by atoms with van der Waals surface area (Å²) >= 11 is 0. The Morgan fingerprint density at radius 3 is 2.50 bits per heavy atom. The maximum absolute atomic E-state index is 12.2. The monoisotopic (exact) mass is 325 g/mol. The number of quaternary nitrogens is 1. The lowest BCUT2D eigenvalue weighted by Crippen LogP contribution is -3.17. The third-order valence-corrected chi connectivity index (χ3v) is 4.59. The maximum atomic E-state index is 12.2. The first-order chi connectivity index (χ1) is 11.7. The van der Waals surface area contributed by atoms with Crippen molar-refractivity contribution in [2.75, 3.05) is 18.4 Å². The van der Waals surface area contributed by atoms with Crippen LogP contribution in [0.25, 0.3) is 0 Å². The van der Waals surface area contributed by atoms with Crippen LogP contribution in [0.15, 0.2) is 54.6 Å². The van der Waals surface area contributed by atoms with E-state index in [-0.39, 0.29) is 5.91 Å². The standard InChI is InChI=1S/C20H24N2O2/c1-16-7-5-6-14-22(16)15-20(23)21-17-10-12-19(13-11-17)24-18-8-3-2-4-9-18/h2-4,8-13,16H,5-7,14-15H2,1H3,(H,21,23)/p+1/t16-/m1/s1. The first-order valence-electron chi connectivity index (χ1n) is 8.68. The van der Waals surface area contributed by atoms with E-state index in [9.17, 15) is 4.79 Å². The average Bonchev–Trinajstić information content (AvgIpc) is 2.60. The third kappa shape index (κ3) is 4.59. The van der Waals surface area contributed by atoms with E-state index in [2.05, 4.69) is 12.2 Å². The molecule has 1 aliphatic heterocycles. The zero-order valence-corrected chi connectivity index (χ0v) is 14.1. The van der Waals surface area contributed by atoms with Crippen molar-refractivity contribution in [2.45, 2.75) is 32.2 Å². The van der Waals surface area contributed by atoms with Crippen LogP contribution in [0.4, 0.5) is 5.69 Å². The summed E-state index contributed by atoms with van der Waals surface area (Å²) in [7, 11) is 0. The molecule has 126 valence electrons. The van der Waals surface area contributed by atoms with Gasteiger partial charge in [0.1, 0.15) is 11.5 Å². The molecule has 1 fully saturated rings. The van der Waals surface area contributed by atoms with Crippen molar-refractivity contribution in [3.8, 4) is 11.5 Å². The van der Waals surface area contributed by atoms with E-state index in [0.717, 1.165) is 23.7 Å². The van der Waals surface area contributed by atoms with Gasteiger partial charge >= 0.3 is 0 Å². The SMILES string of the molecule is C[C@@H]1CCCC[NH+]1CC(=O)Nc1ccc(Oc2ccccc2)cc1. The van der Waals surface area contributed by atoms with Crippen LogP contribution in [0.3, 0.4) is 0 Å². The summed E-state index contributed by atoms with van der Waals surface area (Å²) in [5.41, 5.74) is 0.810. The van der Waals surface area contributed by atoms with Gasteiger partial charge in [0.15, 0.2) is 6.54 Å². The van der Waals surface area contributed by atoms with E-state index in [1.54, 1.807) is 0 Å². The highest BCUT2D eigenvalue weighted by Gasteiger charge is 2.24. The molecule has 1 saturated heterocycles. The van der Waals surface area contributed by atoms with Crippen molar-refractivity contribution in [2.24, 2.45) is 0 Å². The minimum absolute atomic E-state index is 0.0791. The Labute approximate surface area is 143 Å². The topological polar surface area (TPSA) is 42.8 Å². The predicted molar refractivity (Wildman–Crippen MR) is 95.6 cm³/mol. The van der Waals surface area contributed by atoms with Crippen LogP contribution >= 0.6 is 0 Å². The number of para-hydroxylation sites is 1. The fourth-order valence-corrected chi connectivity index (χ4v) is 3.16. The van der Waals surface area contributed by atoms with Crippen LogP contribution in [-0.2, 0) is 4.79 Å². The zero-order chi connectivity index (χ0) is 16.8. The Morgan fingerprint density at radius 2 is 1.79 bits per heavy atom. The average molecular weight is 325 g/mol. The molecule has 1 unspecified atom stereocenters. The number of hydrogen-bond acceptors (Lipinski definition) is 2. The largest absolute Gasteiger partial charge is 0.457 e. The first-order valence-corrected chi connectivity index (χ1v) is 8.68. The molecule has 0 spiro atoms. The molecule has 0 saturated carbocycles. The van der Waals surface area contributed by atoms with E-state index in [0.29, 0.717) is 12.6 Å². The van der Waals surface area contributed by atoms with Gasteiger partial charge in [0.25, 0.3) is 5.91 Å². The van der Waals surface area contributed by atoms with Crippen LogP contribution in [0.5, 0.6) is 11.5 Å². The van der Waals surface area contributed by atoms with Crippen LogP contribution in [-0.4, -0.2) is 25.0 Å². The van der Waals surface area contributed by atoms with Gasteiger partial charge in [0.2, 0.25) is 0 Å². The second-order valence-electron chi connectivity index (χ2n) is 6.47. The van der Waals surface area contributed by atoms with E-state index < -0.39 is 0 Å². The number of piperidine rings is 1. The van der Waals surface area contributed by atoms with Crippen molar-refractivity contribution < 1.29 is 14.4 Å². The number of anilines is 1. The van der Waals surface area contributed by atoms with E-state index in [1.807, 2.05) is 54.6 Å². The van der Waals surface area contributed by atoms with Crippen molar-refractivity contribution in [3.05, 3.63) is 54.6 Å². The summed E-state index contributed by atoms with van der Waals surface area (Å²) in [5, 5.41) is 2.99. The molecule has 0 aromatic heterocycles. The van der Waals surface area contributed by atoms with Gasteiger partial charge in [0, 0.05) is 5.69 Å². The quantitative estimate of drug-likeness (QED) is 0.888. The second kappa shape index (κ2) is 7.97. The number of hydrogen-bond donors (Lipinski definition) is 2. The molecule has 3 rings (SSSR count). The lowest BCUT2D eigenvalue weighted by atomic mass is 10.0. The molecule has 2 N–H and O–H groups in total. The number of nitrogens with one attached hydrogen (secondary N) is 2. The number of carbonyl (C=O) groups excluding carboxylic acids is 1. The third-order valence-electron chi connectivity index (χ3n) is 4.59. The van der Waals surface area contributed by atoms with Gasteiger partial charge in [-0.05, 0) is 62.6 Å². The normalized spacial score (nSPS) is 20.4. The molecule has 4 heteroatoms. The maximum Gasteiger partial charge on any atom is 0.279 e. The fourth-order valence-electron chi connectivity index (χ4n) is 3.16. The number of ether oxygens (including phenoxy) is 1. The Bertz CT molecular complexity index is 655. The van der Waals surface area contributed by atoms with Crippen molar-refractivity contribution in [1.29, 1.82) is 0 Å². The van der Waals surface area contributed by atoms with Crippen molar-refractivity contribution in [3.63, 3.8) is 0 Å². The molecule has 0 radical (unpaired) electrons. The van der Waals surface area contributed by atoms with Gasteiger partial charge in [-0.2, -0.15) is 0 Å². The molecular weight excluding hydrogens is 300 g/mol. The van der Waals surface area contributed by atoms with E-state index in [4.69, 9.17) is 4.74 Å². The Morgan fingerprint density at radius 1 is 1.08 bits per heavy atom. The molecule has 24 heavy (non-hydrogen) atoms. The minimum Gasteiger partial charge on any atom is -0.457 e. The van der Waals surface area contributed by atoms with Crippen molar-refractivity contribution in [1.82, 2.24) is 0 Å². The summed E-state index contributed by atoms with van der Waals surface area (Å²) in [5.74, 6) is 1.64. The van der Waals surface area contributed by atoms with Crippen LogP contribution in [0.1, 0.15) is 26.2 Å². The summed E-state index contributed by atoms with van der Waals surface area (Å²) in [6.07, 6.45) is 3.72. The van der Waals surface area contributed by atoms with Gasteiger partial charge in [0.05, 0.1) is 12.6 Å². The van der Waals surface area contributed by atoms with Gasteiger partial charge in [-0.3, -0.25) is 4.79 Å². The van der Waals surface area contributed by atoms with Gasteiger partial charge < -0.3 is 15.0 Å². The van der Waals surface area contributed by atoms with Crippen LogP contribution in [0, 0.1) is 0 Å². The van der Waals surface area contributed by atoms with Gasteiger partial charge in [-0.15, -0.1) is 0 Å². The first kappa shape index (κ1) is 16.5. The molecule has 1 amide bonds. The summed E-state index contributed by atoms with van der Waals surface area (Å²) in [4.78, 5) is 13.6. The summed E-state index contributed by atoms with van der Waals surface area (Å²) in [6.45, 7) is 3.87. The summed E-state index contributed by atoms with van der Waals surface area (Å²) < 4.78 is 5.76. The van der Waals surface area contributed by atoms with Crippen molar-refractivity contribution >= 4 is 11.6 Å². The fraction of sp³-hybridized carbons (Fsp3) is 0.350. The highest BCUT2D eigenvalue weighted by Crippen LogP contribution is 2.22. The van der Waals surface area contributed by atoms with Crippen LogP contribution in [0.2, 0.25) is 0 Å². The van der Waals surface area contributed by atoms with Gasteiger partial charge in [-0.25, -0.2) is 0 Å². The molecule has 2 aromatic rings. The Kier molecular flexibility index (Phi) is 5.49. The van der Waals surface area contributed by atoms with E-state index in [1.165, 1.54) is 24.2 Å². The Hall–Kier alpha value is -2.33. The molecule has 2 atom stereocenters. The summed E-state index contributed by atoms with van der Waals surface area (Å²) in [6, 6.07) is 17.7. The van der Waals surface area contributed by atoms with Crippen LogP contribution < -0.4 is 15.0 Å². The smallest absolute Gasteiger partial charge is 0.279 e. The van der Waals surface area contributed by atoms with E-state index >= 15 is 0 Å². The number of amides is 1. The Balaban J connectivity index is 1.53. The molecule has 2 aromatic carbocycles. The minimum atomic E-state index is 0.0791. The lowest BCUT2D eigenvalue weighted by Gasteiger charge is -2.29. The molecule has 4 nitrogen and oxygen atoms in total. The number of carbonyl (C=O) groups is 1. The molecule has 0 bridgehead atoms. The second-order valence-corrected chi connectivity index (χ2v) is 6.47. The number of benzene rings is 2. The number of likely N-dealkylation sites (tertiary alicyclic amines) is 1. The predicted octanol–water partition coefficient (Wildman–Crippen LogP) is 2.87. The molecule has 1 aliphatic rings. The number of rotatable bonds is 5. The lowest BCUT2D eigenvalue weighted by molar-refractivity contribution is -0.920. The molecule has 1 heterocycles. The zero-order valence-electron chi connectivity index (χ0n) is 14.1.